The van der Waals surface area contributed by atoms with Gasteiger partial charge in [-0.25, -0.2) is 0 Å². The summed E-state index contributed by atoms with van der Waals surface area (Å²) in [7, 11) is 1.85. The fraction of sp³-hybridized carbons (Fsp3) is 0.500. The van der Waals surface area contributed by atoms with Crippen LogP contribution in [-0.4, -0.2) is 23.6 Å². The highest BCUT2D eigenvalue weighted by Crippen LogP contribution is 2.37. The van der Waals surface area contributed by atoms with Crippen LogP contribution in [-0.2, 0) is 9.59 Å². The van der Waals surface area contributed by atoms with Crippen LogP contribution < -0.4 is 5.73 Å². The van der Waals surface area contributed by atoms with Gasteiger partial charge < -0.3 is 10.6 Å². The number of rotatable bonds is 1. The Kier molecular flexibility index (Phi) is 2.58. The molecule has 1 aliphatic heterocycles. The second-order valence-corrected chi connectivity index (χ2v) is 4.54. The van der Waals surface area contributed by atoms with E-state index in [2.05, 4.69) is 6.08 Å². The van der Waals surface area contributed by atoms with Crippen molar-refractivity contribution < 1.29 is 9.59 Å². The van der Waals surface area contributed by atoms with E-state index in [1.165, 1.54) is 0 Å². The van der Waals surface area contributed by atoms with Gasteiger partial charge in [0.05, 0.1) is 11.5 Å². The molecule has 0 saturated carbocycles. The average Bonchev–Trinajstić information content (AvgIpc) is 2.22. The Balaban J connectivity index is 2.46. The van der Waals surface area contributed by atoms with Crippen LogP contribution in [0.2, 0.25) is 0 Å². The summed E-state index contributed by atoms with van der Waals surface area (Å²) in [5.74, 6) is -0.665. The van der Waals surface area contributed by atoms with Gasteiger partial charge in [-0.3, -0.25) is 9.59 Å². The van der Waals surface area contributed by atoms with Crippen molar-refractivity contribution in [3.8, 4) is 0 Å². The number of carbonyl (C=O) groups excluding carboxylic acids is 2. The lowest BCUT2D eigenvalue weighted by Crippen LogP contribution is -2.40. The molecule has 0 bridgehead atoms. The third-order valence-electron chi connectivity index (χ3n) is 3.41. The van der Waals surface area contributed by atoms with Gasteiger partial charge >= 0.3 is 0 Å². The van der Waals surface area contributed by atoms with E-state index >= 15 is 0 Å². The van der Waals surface area contributed by atoms with Gasteiger partial charge in [-0.1, -0.05) is 13.0 Å². The number of fused-ring (bicyclic) bond motifs is 1. The maximum absolute atomic E-state index is 12.1. The quantitative estimate of drug-likeness (QED) is 0.665. The first kappa shape index (κ1) is 10.9. The van der Waals surface area contributed by atoms with Crippen molar-refractivity contribution in [2.24, 2.45) is 17.6 Å². The largest absolute Gasteiger partial charge is 0.365 e. The maximum Gasteiger partial charge on any atom is 0.253 e. The van der Waals surface area contributed by atoms with E-state index in [1.54, 1.807) is 6.20 Å². The number of nitrogens with two attached hydrogens (primary N) is 1. The molecule has 0 aromatic heterocycles. The van der Waals surface area contributed by atoms with Gasteiger partial charge in [0.15, 0.2) is 5.78 Å². The summed E-state index contributed by atoms with van der Waals surface area (Å²) in [6, 6.07) is 0. The first-order chi connectivity index (χ1) is 7.52. The summed E-state index contributed by atoms with van der Waals surface area (Å²) in [4.78, 5) is 25.1. The van der Waals surface area contributed by atoms with E-state index in [0.717, 1.165) is 18.5 Å². The van der Waals surface area contributed by atoms with Gasteiger partial charge in [0, 0.05) is 18.9 Å². The first-order valence-electron chi connectivity index (χ1n) is 5.51. The average molecular weight is 220 g/mol. The van der Waals surface area contributed by atoms with Crippen LogP contribution in [0, 0.1) is 11.8 Å². The predicted octanol–water partition coefficient (Wildman–Crippen LogP) is 0.800. The van der Waals surface area contributed by atoms with Gasteiger partial charge in [-0.15, -0.1) is 0 Å². The number of Topliss-reactive ketones (excluding diaryl/α,β-unsaturated/α-hetero) is 1. The summed E-state index contributed by atoms with van der Waals surface area (Å²) >= 11 is 0. The summed E-state index contributed by atoms with van der Waals surface area (Å²) in [5.41, 5.74) is 6.34. The molecule has 2 aliphatic rings. The number of nitrogens with zero attached hydrogens (tertiary/aromatic N) is 1. The van der Waals surface area contributed by atoms with Crippen molar-refractivity contribution in [1.82, 2.24) is 4.90 Å². The Labute approximate surface area is 94.8 Å². The van der Waals surface area contributed by atoms with Crippen molar-refractivity contribution in [3.63, 3.8) is 0 Å². The monoisotopic (exact) mass is 220 g/mol. The Morgan fingerprint density at radius 1 is 1.56 bits per heavy atom. The first-order valence-corrected chi connectivity index (χ1v) is 5.51. The van der Waals surface area contributed by atoms with E-state index < -0.39 is 5.91 Å². The van der Waals surface area contributed by atoms with Gasteiger partial charge in [0.1, 0.15) is 0 Å². The van der Waals surface area contributed by atoms with E-state index in [0.29, 0.717) is 0 Å². The normalized spacial score (nSPS) is 29.4. The number of hydrogen-bond donors (Lipinski definition) is 1. The van der Waals surface area contributed by atoms with Crippen molar-refractivity contribution in [2.75, 3.05) is 7.05 Å². The van der Waals surface area contributed by atoms with Crippen molar-refractivity contribution >= 4 is 11.7 Å². The zero-order chi connectivity index (χ0) is 11.9. The Morgan fingerprint density at radius 3 is 2.88 bits per heavy atom. The standard InChI is InChI=1S/C12H16N2O2/c1-7-4-3-5-9-10(7)11(15)8(12(13)16)6-14(9)2/h5-7,10H,3-4H2,1-2H3,(H2,13,16). The number of carbonyl (C=O) groups is 2. The predicted molar refractivity (Wildman–Crippen MR) is 60.0 cm³/mol. The minimum Gasteiger partial charge on any atom is -0.365 e. The van der Waals surface area contributed by atoms with Crippen molar-refractivity contribution in [1.29, 1.82) is 0 Å². The number of amides is 1. The fourth-order valence-electron chi connectivity index (χ4n) is 2.52. The summed E-state index contributed by atoms with van der Waals surface area (Å²) in [6.07, 6.45) is 5.60. The van der Waals surface area contributed by atoms with Crippen LogP contribution in [0.15, 0.2) is 23.5 Å². The zero-order valence-electron chi connectivity index (χ0n) is 9.56. The molecule has 86 valence electrons. The second-order valence-electron chi connectivity index (χ2n) is 4.54. The highest BCUT2D eigenvalue weighted by atomic mass is 16.2. The molecule has 0 radical (unpaired) electrons. The third-order valence-corrected chi connectivity index (χ3v) is 3.41. The van der Waals surface area contributed by atoms with Crippen LogP contribution in [0.4, 0.5) is 0 Å². The molecule has 4 nitrogen and oxygen atoms in total. The van der Waals surface area contributed by atoms with E-state index in [4.69, 9.17) is 5.73 Å². The number of hydrogen-bond acceptors (Lipinski definition) is 3. The second kappa shape index (κ2) is 3.77. The summed E-state index contributed by atoms with van der Waals surface area (Å²) in [5, 5.41) is 0. The molecule has 0 saturated heterocycles. The lowest BCUT2D eigenvalue weighted by atomic mass is 9.76. The topological polar surface area (TPSA) is 63.4 Å². The molecule has 2 N–H and O–H groups in total. The number of primary amides is 1. The zero-order valence-corrected chi connectivity index (χ0v) is 9.56. The highest BCUT2D eigenvalue weighted by Gasteiger charge is 2.38. The summed E-state index contributed by atoms with van der Waals surface area (Å²) < 4.78 is 0. The van der Waals surface area contributed by atoms with Crippen LogP contribution >= 0.6 is 0 Å². The van der Waals surface area contributed by atoms with Crippen LogP contribution in [0.25, 0.3) is 0 Å². The molecule has 0 spiro atoms. The molecule has 1 heterocycles. The summed E-state index contributed by atoms with van der Waals surface area (Å²) in [6.45, 7) is 2.05. The number of allylic oxidation sites excluding steroid dienone is 2. The Hall–Kier alpha value is -1.58. The molecular formula is C12H16N2O2. The van der Waals surface area contributed by atoms with Crippen molar-refractivity contribution in [3.05, 3.63) is 23.5 Å². The molecule has 2 unspecified atom stereocenters. The fourth-order valence-corrected chi connectivity index (χ4v) is 2.52. The van der Waals surface area contributed by atoms with E-state index in [-0.39, 0.29) is 23.2 Å². The van der Waals surface area contributed by atoms with E-state index in [9.17, 15) is 9.59 Å². The molecule has 4 heteroatoms. The van der Waals surface area contributed by atoms with Crippen molar-refractivity contribution in [2.45, 2.75) is 19.8 Å². The highest BCUT2D eigenvalue weighted by molar-refractivity contribution is 6.20. The molecule has 1 amide bonds. The lowest BCUT2D eigenvalue weighted by molar-refractivity contribution is -0.124. The maximum atomic E-state index is 12.1. The minimum absolute atomic E-state index is 0.121. The smallest absolute Gasteiger partial charge is 0.253 e. The van der Waals surface area contributed by atoms with E-state index in [1.807, 2.05) is 18.9 Å². The molecule has 0 fully saturated rings. The molecule has 2 rings (SSSR count). The Morgan fingerprint density at radius 2 is 2.25 bits per heavy atom. The minimum atomic E-state index is -0.631. The lowest BCUT2D eigenvalue weighted by Gasteiger charge is -2.37. The molecule has 16 heavy (non-hydrogen) atoms. The molecule has 0 aromatic carbocycles. The molecule has 0 aromatic rings. The van der Waals surface area contributed by atoms with Crippen LogP contribution in [0.5, 0.6) is 0 Å². The van der Waals surface area contributed by atoms with Gasteiger partial charge in [0.25, 0.3) is 5.91 Å². The van der Waals surface area contributed by atoms with Gasteiger partial charge in [0.2, 0.25) is 0 Å². The number of ketones is 1. The van der Waals surface area contributed by atoms with Gasteiger partial charge in [-0.05, 0) is 18.8 Å². The molecular weight excluding hydrogens is 204 g/mol. The molecule has 2 atom stereocenters. The third kappa shape index (κ3) is 1.54. The van der Waals surface area contributed by atoms with Crippen LogP contribution in [0.1, 0.15) is 19.8 Å². The van der Waals surface area contributed by atoms with Gasteiger partial charge in [-0.2, -0.15) is 0 Å². The SMILES string of the molecule is CC1CCC=C2C1C(=O)C(C(N)=O)=CN2C. The Bertz CT molecular complexity index is 409. The van der Waals surface area contributed by atoms with Crippen LogP contribution in [0.3, 0.4) is 0 Å². The molecule has 1 aliphatic carbocycles.